The Labute approximate surface area is 85.0 Å². The number of nitrogens with zero attached hydrogens (tertiary/aromatic N) is 1. The number of hydrogen-bond donors (Lipinski definition) is 2. The van der Waals surface area contributed by atoms with Crippen molar-refractivity contribution in [2.45, 2.75) is 0 Å². The van der Waals surface area contributed by atoms with Gasteiger partial charge in [-0.2, -0.15) is 0 Å². The fourth-order valence-corrected chi connectivity index (χ4v) is 0.898. The Morgan fingerprint density at radius 1 is 1.60 bits per heavy atom. The lowest BCUT2D eigenvalue weighted by Crippen LogP contribution is -1.98. The van der Waals surface area contributed by atoms with E-state index in [0.29, 0.717) is 11.9 Å². The van der Waals surface area contributed by atoms with Gasteiger partial charge in [0.25, 0.3) is 6.20 Å². The molecule has 0 aliphatic rings. The van der Waals surface area contributed by atoms with Gasteiger partial charge in [0.15, 0.2) is 0 Å². The Bertz CT molecular complexity index is 414. The third-order valence-electron chi connectivity index (χ3n) is 1.50. The van der Waals surface area contributed by atoms with Gasteiger partial charge in [-0.05, 0) is 18.2 Å². The van der Waals surface area contributed by atoms with Gasteiger partial charge in [0.2, 0.25) is 0 Å². The molecule has 1 aromatic rings. The number of anilines is 1. The first-order valence-corrected chi connectivity index (χ1v) is 3.91. The predicted molar refractivity (Wildman–Crippen MR) is 51.8 cm³/mol. The maximum absolute atomic E-state index is 10.6. The molecule has 0 saturated carbocycles. The number of aromatic carboxylic acids is 1. The molecule has 1 radical (unpaired) electrons. The lowest BCUT2D eigenvalue weighted by atomic mass is 10.2. The predicted octanol–water partition coefficient (Wildman–Crippen LogP) is 1.35. The zero-order chi connectivity index (χ0) is 11.3. The van der Waals surface area contributed by atoms with Crippen LogP contribution < -0.4 is 5.32 Å². The second-order valence-corrected chi connectivity index (χ2v) is 2.57. The van der Waals surface area contributed by atoms with Gasteiger partial charge in [-0.15, -0.1) is 0 Å². The fraction of sp³-hybridized carbons (Fsp3) is 0. The minimum absolute atomic E-state index is 0.0999. The smallest absolute Gasteiger partial charge is 0.335 e. The van der Waals surface area contributed by atoms with Gasteiger partial charge in [-0.1, -0.05) is 6.07 Å². The summed E-state index contributed by atoms with van der Waals surface area (Å²) in [6.07, 6.45) is 2.80. The lowest BCUT2D eigenvalue weighted by Gasteiger charge is -1.99. The van der Waals surface area contributed by atoms with E-state index in [2.05, 4.69) is 11.5 Å². The van der Waals surface area contributed by atoms with Crippen LogP contribution in [-0.4, -0.2) is 16.0 Å². The van der Waals surface area contributed by atoms with E-state index in [-0.39, 0.29) is 5.56 Å². The summed E-state index contributed by atoms with van der Waals surface area (Å²) in [5.41, 5.74) is 0.524. The number of rotatable bonds is 4. The molecule has 6 heteroatoms. The van der Waals surface area contributed by atoms with E-state index in [0.717, 1.165) is 0 Å². The Morgan fingerprint density at radius 3 is 2.93 bits per heavy atom. The summed E-state index contributed by atoms with van der Waals surface area (Å²) in [5, 5.41) is 21.0. The van der Waals surface area contributed by atoms with Crippen LogP contribution >= 0.6 is 0 Å². The lowest BCUT2D eigenvalue weighted by molar-refractivity contribution is -0.403. The van der Waals surface area contributed by atoms with Crippen molar-refractivity contribution >= 4 is 11.7 Å². The van der Waals surface area contributed by atoms with E-state index in [9.17, 15) is 14.9 Å². The largest absolute Gasteiger partial charge is 0.478 e. The maximum atomic E-state index is 10.6. The highest BCUT2D eigenvalue weighted by Gasteiger charge is 2.01. The van der Waals surface area contributed by atoms with E-state index < -0.39 is 10.9 Å². The van der Waals surface area contributed by atoms with Crippen molar-refractivity contribution in [1.82, 2.24) is 0 Å². The number of carboxylic acids is 1. The fourth-order valence-electron chi connectivity index (χ4n) is 0.898. The summed E-state index contributed by atoms with van der Waals surface area (Å²) in [6, 6.07) is 5.88. The molecule has 0 aromatic heterocycles. The van der Waals surface area contributed by atoms with Crippen molar-refractivity contribution in [2.75, 3.05) is 5.32 Å². The molecule has 0 aliphatic carbocycles. The number of carboxylic acid groups (broad SMARTS) is 1. The third-order valence-corrected chi connectivity index (χ3v) is 1.50. The number of nitro groups is 1. The minimum Gasteiger partial charge on any atom is -0.478 e. The van der Waals surface area contributed by atoms with Gasteiger partial charge in [0.05, 0.1) is 10.5 Å². The molecule has 0 fully saturated rings. The molecule has 0 saturated heterocycles. The zero-order valence-corrected chi connectivity index (χ0v) is 7.51. The van der Waals surface area contributed by atoms with Crippen LogP contribution in [0.3, 0.4) is 0 Å². The Balaban J connectivity index is 2.74. The van der Waals surface area contributed by atoms with E-state index in [1.165, 1.54) is 18.2 Å². The van der Waals surface area contributed by atoms with Gasteiger partial charge >= 0.3 is 5.97 Å². The molecule has 0 unspecified atom stereocenters. The van der Waals surface area contributed by atoms with E-state index >= 15 is 0 Å². The molecule has 2 N–H and O–H groups in total. The van der Waals surface area contributed by atoms with Crippen LogP contribution in [-0.2, 0) is 0 Å². The van der Waals surface area contributed by atoms with Gasteiger partial charge in [0, 0.05) is 5.69 Å². The zero-order valence-electron chi connectivity index (χ0n) is 7.51. The second-order valence-electron chi connectivity index (χ2n) is 2.57. The highest BCUT2D eigenvalue weighted by molar-refractivity contribution is 5.88. The molecule has 0 bridgehead atoms. The summed E-state index contributed by atoms with van der Waals surface area (Å²) in [4.78, 5) is 19.8. The van der Waals surface area contributed by atoms with Crippen LogP contribution in [0.5, 0.6) is 0 Å². The molecule has 77 valence electrons. The van der Waals surface area contributed by atoms with E-state index in [4.69, 9.17) is 5.11 Å². The van der Waals surface area contributed by atoms with Crippen LogP contribution in [0.1, 0.15) is 10.4 Å². The summed E-state index contributed by atoms with van der Waals surface area (Å²) in [7, 11) is 0. The van der Waals surface area contributed by atoms with Crippen molar-refractivity contribution in [3.8, 4) is 0 Å². The van der Waals surface area contributed by atoms with Gasteiger partial charge < -0.3 is 10.4 Å². The summed E-state index contributed by atoms with van der Waals surface area (Å²) >= 11 is 0. The number of carbonyl (C=O) groups is 1. The molecule has 0 heterocycles. The number of hydrogen-bond acceptors (Lipinski definition) is 4. The SMILES string of the molecule is O=C(O)c1cccc(N/[C]=C/[N+](=O)[O-])c1. The molecule has 0 amide bonds. The molecule has 0 spiro atoms. The molecule has 15 heavy (non-hydrogen) atoms. The average Bonchev–Trinajstić information content (AvgIpc) is 2.17. The van der Waals surface area contributed by atoms with E-state index in [1.54, 1.807) is 6.07 Å². The molecule has 6 nitrogen and oxygen atoms in total. The number of nitrogens with one attached hydrogen (secondary N) is 1. The van der Waals surface area contributed by atoms with Crippen molar-refractivity contribution < 1.29 is 14.8 Å². The van der Waals surface area contributed by atoms with Crippen LogP contribution in [0.25, 0.3) is 0 Å². The first kappa shape index (κ1) is 10.7. The molecule has 1 rings (SSSR count). The Hall–Kier alpha value is -2.37. The van der Waals surface area contributed by atoms with E-state index in [1.807, 2.05) is 0 Å². The summed E-state index contributed by atoms with van der Waals surface area (Å²) < 4.78 is 0. The van der Waals surface area contributed by atoms with Crippen molar-refractivity contribution in [1.29, 1.82) is 0 Å². The first-order chi connectivity index (χ1) is 7.09. The standard InChI is InChI=1S/C9H7N2O4/c12-9(13)7-2-1-3-8(6-7)10-4-5-11(14)15/h1-3,5-6,10H,(H,12,13). The quantitative estimate of drug-likeness (QED) is 0.441. The van der Waals surface area contributed by atoms with Gasteiger partial charge in [-0.25, -0.2) is 4.79 Å². The van der Waals surface area contributed by atoms with Crippen LogP contribution in [0.15, 0.2) is 30.5 Å². The average molecular weight is 207 g/mol. The maximum Gasteiger partial charge on any atom is 0.335 e. The highest BCUT2D eigenvalue weighted by Crippen LogP contribution is 2.10. The Morgan fingerprint density at radius 2 is 2.33 bits per heavy atom. The minimum atomic E-state index is -1.06. The van der Waals surface area contributed by atoms with Crippen LogP contribution in [0, 0.1) is 16.3 Å². The van der Waals surface area contributed by atoms with Crippen molar-refractivity contribution in [2.24, 2.45) is 0 Å². The van der Waals surface area contributed by atoms with Gasteiger partial charge in [0.1, 0.15) is 6.20 Å². The summed E-state index contributed by atoms with van der Waals surface area (Å²) in [6.45, 7) is 0. The van der Waals surface area contributed by atoms with Crippen LogP contribution in [0.2, 0.25) is 0 Å². The van der Waals surface area contributed by atoms with Gasteiger partial charge in [-0.3, -0.25) is 10.1 Å². The summed E-state index contributed by atoms with van der Waals surface area (Å²) in [5.74, 6) is -1.06. The molecule has 0 atom stereocenters. The molecule has 1 aromatic carbocycles. The number of benzene rings is 1. The Kier molecular flexibility index (Phi) is 3.39. The topological polar surface area (TPSA) is 92.5 Å². The normalized spacial score (nSPS) is 10.1. The highest BCUT2D eigenvalue weighted by atomic mass is 16.6. The third kappa shape index (κ3) is 3.47. The van der Waals surface area contributed by atoms with Crippen LogP contribution in [0.4, 0.5) is 5.69 Å². The second kappa shape index (κ2) is 4.75. The monoisotopic (exact) mass is 207 g/mol. The van der Waals surface area contributed by atoms with Crippen molar-refractivity contribution in [3.63, 3.8) is 0 Å². The molecular weight excluding hydrogens is 200 g/mol. The molecule has 0 aliphatic heterocycles. The van der Waals surface area contributed by atoms with Crippen molar-refractivity contribution in [3.05, 3.63) is 52.3 Å². The first-order valence-electron chi connectivity index (χ1n) is 3.91. The molecular formula is C9H7N2O4.